The van der Waals surface area contributed by atoms with Crippen molar-refractivity contribution < 1.29 is 4.52 Å². The van der Waals surface area contributed by atoms with Crippen molar-refractivity contribution in [3.8, 4) is 11.5 Å². The number of anilines is 1. The lowest BCUT2D eigenvalue weighted by atomic mass is 10.2. The monoisotopic (exact) mass is 301 g/mol. The van der Waals surface area contributed by atoms with E-state index in [4.69, 9.17) is 4.52 Å². The molecular weight excluding hydrogens is 286 g/mol. The van der Waals surface area contributed by atoms with Gasteiger partial charge in [-0.1, -0.05) is 30.3 Å². The second kappa shape index (κ2) is 6.01. The van der Waals surface area contributed by atoms with Crippen LogP contribution in [0.4, 0.5) is 5.13 Å². The van der Waals surface area contributed by atoms with E-state index in [0.29, 0.717) is 11.7 Å². The van der Waals surface area contributed by atoms with Gasteiger partial charge in [0.25, 0.3) is 5.89 Å². The molecule has 1 N–H and O–H groups in total. The van der Waals surface area contributed by atoms with Crippen molar-refractivity contribution in [1.82, 2.24) is 19.5 Å². The average Bonchev–Trinajstić information content (AvgIpc) is 3.17. The smallest absolute Gasteiger partial charge is 0.257 e. The van der Waals surface area contributed by atoms with Crippen LogP contribution < -0.4 is 5.32 Å². The van der Waals surface area contributed by atoms with Gasteiger partial charge in [-0.25, -0.2) is 4.98 Å². The fraction of sp³-hybridized carbons (Fsp3) is 0.286. The molecule has 0 aliphatic carbocycles. The first kappa shape index (κ1) is 13.7. The Hall–Kier alpha value is -2.28. The lowest BCUT2D eigenvalue weighted by molar-refractivity contribution is 0.420. The Bertz CT molecular complexity index is 709. The number of aromatic nitrogens is 4. The molecule has 1 aromatic carbocycles. The quantitative estimate of drug-likeness (QED) is 0.779. The van der Waals surface area contributed by atoms with E-state index in [0.717, 1.165) is 22.9 Å². The summed E-state index contributed by atoms with van der Waals surface area (Å²) in [5.41, 5.74) is 0.910. The molecule has 0 aliphatic rings. The lowest BCUT2D eigenvalue weighted by Gasteiger charge is -2.06. The summed E-state index contributed by atoms with van der Waals surface area (Å²) in [6, 6.07) is 9.61. The zero-order chi connectivity index (χ0) is 14.7. The summed E-state index contributed by atoms with van der Waals surface area (Å²) in [5.74, 6) is 1.96. The Morgan fingerprint density at radius 2 is 2.05 bits per heavy atom. The van der Waals surface area contributed by atoms with E-state index in [1.165, 1.54) is 11.5 Å². The number of aryl methyl sites for hydroxylation is 1. The molecule has 0 saturated heterocycles. The number of hydrogen-bond donors (Lipinski definition) is 1. The van der Waals surface area contributed by atoms with Crippen molar-refractivity contribution >= 4 is 16.7 Å². The van der Waals surface area contributed by atoms with Crippen LogP contribution in [0.3, 0.4) is 0 Å². The van der Waals surface area contributed by atoms with Crippen molar-refractivity contribution in [3.05, 3.63) is 42.0 Å². The molecule has 0 saturated carbocycles. The standard InChI is InChI=1S/C14H15N5OS/c1-3-11-16-14(21-19-11)15-9(2)12-17-13(20-18-12)10-7-5-4-6-8-10/h4-9H,3H2,1-2H3,(H,15,16,19). The van der Waals surface area contributed by atoms with E-state index in [1.54, 1.807) is 0 Å². The molecule has 21 heavy (non-hydrogen) atoms. The Balaban J connectivity index is 1.73. The predicted molar refractivity (Wildman–Crippen MR) is 81.1 cm³/mol. The number of nitrogens with zero attached hydrogens (tertiary/aromatic N) is 4. The summed E-state index contributed by atoms with van der Waals surface area (Å²) in [6.45, 7) is 3.99. The molecule has 108 valence electrons. The third kappa shape index (κ3) is 3.08. The summed E-state index contributed by atoms with van der Waals surface area (Å²) in [6.07, 6.45) is 0.826. The SMILES string of the molecule is CCc1nsc(NC(C)c2noc(-c3ccccc3)n2)n1. The third-order valence-corrected chi connectivity index (χ3v) is 3.66. The van der Waals surface area contributed by atoms with Crippen LogP contribution in [0.5, 0.6) is 0 Å². The van der Waals surface area contributed by atoms with Crippen LogP contribution in [0.15, 0.2) is 34.9 Å². The minimum atomic E-state index is -0.0936. The molecule has 0 bridgehead atoms. The highest BCUT2D eigenvalue weighted by Gasteiger charge is 2.16. The van der Waals surface area contributed by atoms with Crippen molar-refractivity contribution in [3.63, 3.8) is 0 Å². The van der Waals surface area contributed by atoms with Crippen LogP contribution in [-0.2, 0) is 6.42 Å². The molecule has 0 spiro atoms. The predicted octanol–water partition coefficient (Wildman–Crippen LogP) is 3.32. The van der Waals surface area contributed by atoms with Gasteiger partial charge in [0.1, 0.15) is 5.82 Å². The average molecular weight is 301 g/mol. The first-order valence-corrected chi connectivity index (χ1v) is 7.51. The maximum absolute atomic E-state index is 5.30. The maximum atomic E-state index is 5.30. The molecule has 0 aliphatic heterocycles. The number of hydrogen-bond acceptors (Lipinski definition) is 7. The van der Waals surface area contributed by atoms with Crippen molar-refractivity contribution in [1.29, 1.82) is 0 Å². The fourth-order valence-electron chi connectivity index (χ4n) is 1.81. The van der Waals surface area contributed by atoms with Crippen molar-refractivity contribution in [2.75, 3.05) is 5.32 Å². The van der Waals surface area contributed by atoms with E-state index in [-0.39, 0.29) is 6.04 Å². The summed E-state index contributed by atoms with van der Waals surface area (Å²) >= 11 is 1.34. The van der Waals surface area contributed by atoms with Gasteiger partial charge in [0.15, 0.2) is 5.82 Å². The highest BCUT2D eigenvalue weighted by atomic mass is 32.1. The van der Waals surface area contributed by atoms with Crippen molar-refractivity contribution in [2.45, 2.75) is 26.3 Å². The van der Waals surface area contributed by atoms with E-state index in [9.17, 15) is 0 Å². The molecule has 0 amide bonds. The number of nitrogens with one attached hydrogen (secondary N) is 1. The Labute approximate surface area is 126 Å². The topological polar surface area (TPSA) is 76.7 Å². The lowest BCUT2D eigenvalue weighted by Crippen LogP contribution is -2.08. The maximum Gasteiger partial charge on any atom is 0.257 e. The highest BCUT2D eigenvalue weighted by molar-refractivity contribution is 7.09. The Morgan fingerprint density at radius 3 is 2.76 bits per heavy atom. The van der Waals surface area contributed by atoms with Gasteiger partial charge in [-0.05, 0) is 19.1 Å². The van der Waals surface area contributed by atoms with Crippen LogP contribution in [-0.4, -0.2) is 19.5 Å². The Kier molecular flexibility index (Phi) is 3.92. The molecule has 7 heteroatoms. The van der Waals surface area contributed by atoms with Crippen LogP contribution in [0.2, 0.25) is 0 Å². The second-order valence-corrected chi connectivity index (χ2v) is 5.31. The molecule has 6 nitrogen and oxygen atoms in total. The largest absolute Gasteiger partial charge is 0.350 e. The molecule has 0 radical (unpaired) electrons. The van der Waals surface area contributed by atoms with Crippen LogP contribution in [0, 0.1) is 0 Å². The molecule has 1 atom stereocenters. The second-order valence-electron chi connectivity index (χ2n) is 4.56. The summed E-state index contributed by atoms with van der Waals surface area (Å²) in [5, 5.41) is 8.03. The third-order valence-electron chi connectivity index (χ3n) is 2.97. The van der Waals surface area contributed by atoms with Gasteiger partial charge in [0, 0.05) is 23.5 Å². The molecule has 2 aromatic heterocycles. The van der Waals surface area contributed by atoms with Crippen LogP contribution in [0.25, 0.3) is 11.5 Å². The molecule has 0 fully saturated rings. The Morgan fingerprint density at radius 1 is 1.24 bits per heavy atom. The molecule has 3 aromatic rings. The van der Waals surface area contributed by atoms with Gasteiger partial charge in [0.05, 0.1) is 6.04 Å². The molecule has 2 heterocycles. The number of benzene rings is 1. The van der Waals surface area contributed by atoms with Gasteiger partial charge >= 0.3 is 0 Å². The minimum Gasteiger partial charge on any atom is -0.350 e. The highest BCUT2D eigenvalue weighted by Crippen LogP contribution is 2.22. The van der Waals surface area contributed by atoms with Crippen molar-refractivity contribution in [2.24, 2.45) is 0 Å². The van der Waals surface area contributed by atoms with Gasteiger partial charge < -0.3 is 9.84 Å². The van der Waals surface area contributed by atoms with Gasteiger partial charge in [-0.2, -0.15) is 9.36 Å². The van der Waals surface area contributed by atoms with Gasteiger partial charge in [0.2, 0.25) is 5.13 Å². The van der Waals surface area contributed by atoms with Gasteiger partial charge in [-0.3, -0.25) is 0 Å². The summed E-state index contributed by atoms with van der Waals surface area (Å²) in [7, 11) is 0. The first-order valence-electron chi connectivity index (χ1n) is 6.74. The van der Waals surface area contributed by atoms with Crippen LogP contribution >= 0.6 is 11.5 Å². The van der Waals surface area contributed by atoms with E-state index < -0.39 is 0 Å². The first-order chi connectivity index (χ1) is 10.3. The zero-order valence-electron chi connectivity index (χ0n) is 11.8. The molecule has 1 unspecified atom stereocenters. The molecular formula is C14H15N5OS. The summed E-state index contributed by atoms with van der Waals surface area (Å²) < 4.78 is 9.54. The van der Waals surface area contributed by atoms with E-state index in [2.05, 4.69) is 24.8 Å². The van der Waals surface area contributed by atoms with Gasteiger partial charge in [-0.15, -0.1) is 0 Å². The van der Waals surface area contributed by atoms with Crippen LogP contribution in [0.1, 0.15) is 31.5 Å². The van der Waals surface area contributed by atoms with E-state index >= 15 is 0 Å². The fourth-order valence-corrected chi connectivity index (χ4v) is 2.55. The van der Waals surface area contributed by atoms with E-state index in [1.807, 2.05) is 44.2 Å². The zero-order valence-corrected chi connectivity index (χ0v) is 12.6. The normalized spacial score (nSPS) is 12.3. The number of rotatable bonds is 5. The minimum absolute atomic E-state index is 0.0936. The summed E-state index contributed by atoms with van der Waals surface area (Å²) in [4.78, 5) is 8.79. The molecule has 3 rings (SSSR count).